The molecule has 0 radical (unpaired) electrons. The molecule has 0 bridgehead atoms. The van der Waals surface area contributed by atoms with Gasteiger partial charge in [0.05, 0.1) is 17.6 Å². The second kappa shape index (κ2) is 7.28. The second-order valence-electron chi connectivity index (χ2n) is 5.22. The summed E-state index contributed by atoms with van der Waals surface area (Å²) in [7, 11) is 0. The minimum absolute atomic E-state index is 0.108. The number of anilines is 1. The Kier molecular flexibility index (Phi) is 4.90. The second-order valence-corrected chi connectivity index (χ2v) is 6.33. The van der Waals surface area contributed by atoms with Crippen molar-refractivity contribution in [3.05, 3.63) is 66.2 Å². The van der Waals surface area contributed by atoms with Crippen LogP contribution in [0.4, 0.5) is 14.9 Å². The summed E-state index contributed by atoms with van der Waals surface area (Å²) in [6, 6.07) is 12.7. The van der Waals surface area contributed by atoms with Crippen LogP contribution in [0.1, 0.15) is 10.5 Å². The zero-order valence-corrected chi connectivity index (χ0v) is 14.2. The molecule has 0 aliphatic rings. The van der Waals surface area contributed by atoms with Gasteiger partial charge in [0.15, 0.2) is 5.69 Å². The van der Waals surface area contributed by atoms with Crippen LogP contribution in [0, 0.1) is 5.82 Å². The Morgan fingerprint density at radius 1 is 1.12 bits per heavy atom. The van der Waals surface area contributed by atoms with Crippen molar-refractivity contribution in [2.24, 2.45) is 11.5 Å². The third-order valence-corrected chi connectivity index (χ3v) is 4.39. The van der Waals surface area contributed by atoms with Crippen LogP contribution < -0.4 is 16.8 Å². The van der Waals surface area contributed by atoms with Crippen molar-refractivity contribution in [3.63, 3.8) is 0 Å². The van der Waals surface area contributed by atoms with E-state index in [4.69, 9.17) is 11.5 Å². The summed E-state index contributed by atoms with van der Waals surface area (Å²) in [6.07, 6.45) is 1.43. The van der Waals surface area contributed by atoms with Crippen LogP contribution in [0.5, 0.6) is 0 Å². The SMILES string of the molecule is NC(=O)Nc1cn(-c2cccc(Sc3ccccc3F)c2)nc1C(N)=O. The number of benzene rings is 2. The van der Waals surface area contributed by atoms with E-state index < -0.39 is 11.9 Å². The highest BCUT2D eigenvalue weighted by molar-refractivity contribution is 7.99. The summed E-state index contributed by atoms with van der Waals surface area (Å²) in [4.78, 5) is 23.8. The Balaban J connectivity index is 1.94. The predicted octanol–water partition coefficient (Wildman–Crippen LogP) is 2.75. The molecule has 7 nitrogen and oxygen atoms in total. The highest BCUT2D eigenvalue weighted by Crippen LogP contribution is 2.31. The number of amides is 3. The van der Waals surface area contributed by atoms with Crippen molar-refractivity contribution in [2.45, 2.75) is 9.79 Å². The quantitative estimate of drug-likeness (QED) is 0.639. The van der Waals surface area contributed by atoms with Gasteiger partial charge in [-0.05, 0) is 30.3 Å². The van der Waals surface area contributed by atoms with Crippen molar-refractivity contribution >= 4 is 29.4 Å². The average Bonchev–Trinajstić information content (AvgIpc) is 3.01. The van der Waals surface area contributed by atoms with Gasteiger partial charge >= 0.3 is 6.03 Å². The molecule has 26 heavy (non-hydrogen) atoms. The molecule has 3 amide bonds. The zero-order valence-electron chi connectivity index (χ0n) is 13.3. The minimum Gasteiger partial charge on any atom is -0.364 e. The molecular weight excluding hydrogens is 357 g/mol. The number of aromatic nitrogens is 2. The van der Waals surface area contributed by atoms with Gasteiger partial charge in [0, 0.05) is 9.79 Å². The molecule has 0 saturated carbocycles. The fourth-order valence-electron chi connectivity index (χ4n) is 2.26. The Morgan fingerprint density at radius 2 is 1.88 bits per heavy atom. The highest BCUT2D eigenvalue weighted by atomic mass is 32.2. The summed E-state index contributed by atoms with van der Waals surface area (Å²) in [6.45, 7) is 0. The molecule has 9 heteroatoms. The summed E-state index contributed by atoms with van der Waals surface area (Å²) in [5.41, 5.74) is 11.0. The number of nitrogens with zero attached hydrogens (tertiary/aromatic N) is 2. The Morgan fingerprint density at radius 3 is 2.58 bits per heavy atom. The van der Waals surface area contributed by atoms with Crippen LogP contribution in [-0.2, 0) is 0 Å². The first-order valence-corrected chi connectivity index (χ1v) is 8.24. The molecule has 0 fully saturated rings. The van der Waals surface area contributed by atoms with E-state index in [1.165, 1.54) is 28.7 Å². The fraction of sp³-hybridized carbons (Fsp3) is 0. The number of carbonyl (C=O) groups is 2. The van der Waals surface area contributed by atoms with E-state index >= 15 is 0 Å². The number of nitrogens with one attached hydrogen (secondary N) is 1. The molecule has 1 aromatic heterocycles. The molecule has 0 atom stereocenters. The standard InChI is InChI=1S/C17H14FN5O2S/c18-12-6-1-2-7-14(12)26-11-5-3-4-10(8-11)23-9-13(21-17(20)25)15(22-23)16(19)24/h1-9H,(H2,19,24)(H3,20,21,25). The van der Waals surface area contributed by atoms with E-state index in [0.29, 0.717) is 10.6 Å². The average molecular weight is 371 g/mol. The molecule has 0 aliphatic heterocycles. The van der Waals surface area contributed by atoms with Gasteiger partial charge in [0.2, 0.25) is 0 Å². The lowest BCUT2D eigenvalue weighted by molar-refractivity contribution is 0.0996. The van der Waals surface area contributed by atoms with Crippen LogP contribution in [0.3, 0.4) is 0 Å². The Bertz CT molecular complexity index is 989. The van der Waals surface area contributed by atoms with Crippen molar-refractivity contribution < 1.29 is 14.0 Å². The predicted molar refractivity (Wildman–Crippen MR) is 95.8 cm³/mol. The summed E-state index contributed by atoms with van der Waals surface area (Å²) in [5, 5.41) is 6.39. The summed E-state index contributed by atoms with van der Waals surface area (Å²) >= 11 is 1.25. The van der Waals surface area contributed by atoms with Gasteiger partial charge in [-0.2, -0.15) is 5.10 Å². The van der Waals surface area contributed by atoms with Crippen molar-refractivity contribution in [2.75, 3.05) is 5.32 Å². The van der Waals surface area contributed by atoms with Crippen molar-refractivity contribution in [3.8, 4) is 5.69 Å². The van der Waals surface area contributed by atoms with Crippen LogP contribution in [0.15, 0.2) is 64.5 Å². The molecule has 1 heterocycles. The molecule has 0 spiro atoms. The van der Waals surface area contributed by atoms with Gasteiger partial charge in [-0.1, -0.05) is 30.0 Å². The Labute approximate surface area is 152 Å². The largest absolute Gasteiger partial charge is 0.364 e. The monoisotopic (exact) mass is 371 g/mol. The van der Waals surface area contributed by atoms with E-state index in [9.17, 15) is 14.0 Å². The smallest absolute Gasteiger partial charge is 0.316 e. The number of rotatable bonds is 5. The number of urea groups is 1. The van der Waals surface area contributed by atoms with Crippen LogP contribution >= 0.6 is 11.8 Å². The van der Waals surface area contributed by atoms with Crippen LogP contribution in [0.2, 0.25) is 0 Å². The van der Waals surface area contributed by atoms with E-state index in [1.54, 1.807) is 36.4 Å². The van der Waals surface area contributed by atoms with Crippen molar-refractivity contribution in [1.29, 1.82) is 0 Å². The van der Waals surface area contributed by atoms with Gasteiger partial charge in [0.25, 0.3) is 5.91 Å². The van der Waals surface area contributed by atoms with Gasteiger partial charge in [-0.15, -0.1) is 0 Å². The molecule has 0 unspecified atom stereocenters. The number of halogens is 1. The van der Waals surface area contributed by atoms with Crippen molar-refractivity contribution in [1.82, 2.24) is 9.78 Å². The zero-order chi connectivity index (χ0) is 18.7. The maximum absolute atomic E-state index is 13.8. The topological polar surface area (TPSA) is 116 Å². The Hall–Kier alpha value is -3.33. The maximum Gasteiger partial charge on any atom is 0.316 e. The molecule has 3 aromatic rings. The maximum atomic E-state index is 13.8. The van der Waals surface area contributed by atoms with E-state index in [1.807, 2.05) is 6.07 Å². The normalized spacial score (nSPS) is 10.5. The van der Waals surface area contributed by atoms with E-state index in [2.05, 4.69) is 10.4 Å². The molecule has 0 aliphatic carbocycles. The molecule has 132 valence electrons. The third-order valence-electron chi connectivity index (χ3n) is 3.35. The number of carbonyl (C=O) groups excluding carboxylic acids is 2. The number of nitrogens with two attached hydrogens (primary N) is 2. The van der Waals surface area contributed by atoms with Crippen LogP contribution in [-0.4, -0.2) is 21.7 Å². The number of hydrogen-bond donors (Lipinski definition) is 3. The fourth-order valence-corrected chi connectivity index (χ4v) is 3.15. The van der Waals surface area contributed by atoms with Crippen LogP contribution in [0.25, 0.3) is 5.69 Å². The lowest BCUT2D eigenvalue weighted by atomic mass is 10.3. The number of primary amides is 2. The third kappa shape index (κ3) is 3.83. The van der Waals surface area contributed by atoms with E-state index in [0.717, 1.165) is 4.90 Å². The molecular formula is C17H14FN5O2S. The highest BCUT2D eigenvalue weighted by Gasteiger charge is 2.16. The van der Waals surface area contributed by atoms with Gasteiger partial charge in [0.1, 0.15) is 5.82 Å². The first-order chi connectivity index (χ1) is 12.4. The molecule has 2 aromatic carbocycles. The van der Waals surface area contributed by atoms with Gasteiger partial charge < -0.3 is 16.8 Å². The molecule has 3 rings (SSSR count). The first kappa shape index (κ1) is 17.5. The lowest BCUT2D eigenvalue weighted by Crippen LogP contribution is -2.22. The van der Waals surface area contributed by atoms with Gasteiger partial charge in [-0.25, -0.2) is 13.9 Å². The summed E-state index contributed by atoms with van der Waals surface area (Å²) < 4.78 is 15.2. The summed E-state index contributed by atoms with van der Waals surface area (Å²) in [5.74, 6) is -1.12. The number of hydrogen-bond acceptors (Lipinski definition) is 4. The lowest BCUT2D eigenvalue weighted by Gasteiger charge is -2.06. The van der Waals surface area contributed by atoms with Gasteiger partial charge in [-0.3, -0.25) is 4.79 Å². The minimum atomic E-state index is -0.837. The van der Waals surface area contributed by atoms with E-state index in [-0.39, 0.29) is 17.2 Å². The molecule has 0 saturated heterocycles. The molecule has 5 N–H and O–H groups in total. The first-order valence-electron chi connectivity index (χ1n) is 7.43.